The van der Waals surface area contributed by atoms with Crippen LogP contribution in [0, 0.1) is 10.1 Å². The number of nitro benzene ring substituents is 1. The van der Waals surface area contributed by atoms with Gasteiger partial charge in [-0.1, -0.05) is 6.92 Å². The van der Waals surface area contributed by atoms with Gasteiger partial charge in [-0.05, 0) is 24.8 Å². The van der Waals surface area contributed by atoms with Crippen LogP contribution in [0.1, 0.15) is 23.7 Å². The van der Waals surface area contributed by atoms with Crippen LogP contribution in [0.5, 0.6) is 0 Å². The number of thioether (sulfide) groups is 1. The Kier molecular flexibility index (Phi) is 6.48. The van der Waals surface area contributed by atoms with Gasteiger partial charge in [0, 0.05) is 37.5 Å². The van der Waals surface area contributed by atoms with E-state index in [9.17, 15) is 14.9 Å². The molecule has 1 aromatic carbocycles. The van der Waals surface area contributed by atoms with Crippen molar-refractivity contribution in [1.29, 1.82) is 0 Å². The summed E-state index contributed by atoms with van der Waals surface area (Å²) in [7, 11) is 3.23. The molecule has 0 heterocycles. The zero-order chi connectivity index (χ0) is 16.0. The fraction of sp³-hybridized carbons (Fsp3) is 0.500. The second kappa shape index (κ2) is 7.87. The van der Waals surface area contributed by atoms with Crippen LogP contribution in [0.4, 0.5) is 11.4 Å². The highest BCUT2D eigenvalue weighted by atomic mass is 32.2. The van der Waals surface area contributed by atoms with Crippen molar-refractivity contribution in [2.45, 2.75) is 18.6 Å². The van der Waals surface area contributed by atoms with Gasteiger partial charge in [-0.15, -0.1) is 0 Å². The van der Waals surface area contributed by atoms with Crippen LogP contribution < -0.4 is 5.32 Å². The first-order valence-electron chi connectivity index (χ1n) is 6.63. The van der Waals surface area contributed by atoms with E-state index in [0.29, 0.717) is 23.0 Å². The lowest BCUT2D eigenvalue weighted by Gasteiger charge is -2.13. The van der Waals surface area contributed by atoms with E-state index in [4.69, 9.17) is 0 Å². The molecule has 1 amide bonds. The van der Waals surface area contributed by atoms with Crippen molar-refractivity contribution in [3.63, 3.8) is 0 Å². The fourth-order valence-electron chi connectivity index (χ4n) is 1.75. The highest BCUT2D eigenvalue weighted by molar-refractivity contribution is 7.99. The van der Waals surface area contributed by atoms with Crippen LogP contribution in [0.3, 0.4) is 0 Å². The zero-order valence-corrected chi connectivity index (χ0v) is 13.6. The molecule has 0 saturated carbocycles. The third kappa shape index (κ3) is 4.93. The maximum Gasteiger partial charge on any atom is 0.293 e. The van der Waals surface area contributed by atoms with Gasteiger partial charge in [0.15, 0.2) is 0 Å². The van der Waals surface area contributed by atoms with Crippen LogP contribution in [0.25, 0.3) is 0 Å². The zero-order valence-electron chi connectivity index (χ0n) is 12.8. The van der Waals surface area contributed by atoms with E-state index in [-0.39, 0.29) is 11.6 Å². The van der Waals surface area contributed by atoms with Crippen LogP contribution in [0.15, 0.2) is 18.2 Å². The molecule has 0 saturated heterocycles. The highest BCUT2D eigenvalue weighted by Gasteiger charge is 2.18. The average Bonchev–Trinajstić information content (AvgIpc) is 2.46. The average molecular weight is 311 g/mol. The summed E-state index contributed by atoms with van der Waals surface area (Å²) in [5.74, 6) is -0.249. The summed E-state index contributed by atoms with van der Waals surface area (Å²) in [6.45, 7) is 2.77. The van der Waals surface area contributed by atoms with Gasteiger partial charge >= 0.3 is 0 Å². The molecule has 1 rings (SSSR count). The Balaban J connectivity index is 2.90. The van der Waals surface area contributed by atoms with Crippen molar-refractivity contribution in [3.8, 4) is 0 Å². The Morgan fingerprint density at radius 3 is 2.67 bits per heavy atom. The molecule has 0 aliphatic carbocycles. The third-order valence-electron chi connectivity index (χ3n) is 3.12. The summed E-state index contributed by atoms with van der Waals surface area (Å²) in [6.07, 6.45) is 2.95. The van der Waals surface area contributed by atoms with Crippen LogP contribution in [0.2, 0.25) is 0 Å². The molecule has 0 aliphatic rings. The summed E-state index contributed by atoms with van der Waals surface area (Å²) >= 11 is 1.76. The predicted octanol–water partition coefficient (Wildman–Crippen LogP) is 2.85. The number of nitrogens with one attached hydrogen (secondary N) is 1. The Morgan fingerprint density at radius 1 is 1.48 bits per heavy atom. The van der Waals surface area contributed by atoms with E-state index < -0.39 is 4.92 Å². The fourth-order valence-corrected chi connectivity index (χ4v) is 2.10. The minimum absolute atomic E-state index is 0.0699. The lowest BCUT2D eigenvalue weighted by atomic mass is 10.1. The Morgan fingerprint density at radius 2 is 2.14 bits per heavy atom. The topological polar surface area (TPSA) is 75.5 Å². The number of carbonyl (C=O) groups excluding carboxylic acids is 1. The molecule has 1 atom stereocenters. The van der Waals surface area contributed by atoms with E-state index in [0.717, 1.165) is 6.42 Å². The minimum Gasteiger partial charge on any atom is -0.379 e. The number of amides is 1. The molecule has 0 aliphatic heterocycles. The number of anilines is 1. The number of hydrogen-bond acceptors (Lipinski definition) is 5. The molecule has 0 fully saturated rings. The number of nitrogens with zero attached hydrogens (tertiary/aromatic N) is 2. The lowest BCUT2D eigenvalue weighted by molar-refractivity contribution is -0.384. The molecular weight excluding hydrogens is 290 g/mol. The van der Waals surface area contributed by atoms with Crippen molar-refractivity contribution >= 4 is 29.0 Å². The summed E-state index contributed by atoms with van der Waals surface area (Å²) in [6, 6.07) is 4.52. The Labute approximate surface area is 129 Å². The van der Waals surface area contributed by atoms with Gasteiger partial charge in [-0.3, -0.25) is 14.9 Å². The second-order valence-corrected chi connectivity index (χ2v) is 6.23. The van der Waals surface area contributed by atoms with Crippen LogP contribution >= 0.6 is 11.8 Å². The van der Waals surface area contributed by atoms with Gasteiger partial charge in [0.2, 0.25) is 0 Å². The van der Waals surface area contributed by atoms with Gasteiger partial charge < -0.3 is 10.2 Å². The SMILES string of the molecule is CSC(C)CCNc1ccc(C(=O)N(C)C)cc1[N+](=O)[O-]. The molecule has 0 radical (unpaired) electrons. The summed E-state index contributed by atoms with van der Waals surface area (Å²) in [4.78, 5) is 23.9. The maximum absolute atomic E-state index is 11.9. The second-order valence-electron chi connectivity index (χ2n) is 4.95. The van der Waals surface area contributed by atoms with Crippen LogP contribution in [-0.2, 0) is 0 Å². The number of carbonyl (C=O) groups is 1. The number of hydrogen-bond donors (Lipinski definition) is 1. The Bertz CT molecular complexity index is 520. The van der Waals surface area contributed by atoms with Crippen molar-refractivity contribution in [1.82, 2.24) is 4.90 Å². The largest absolute Gasteiger partial charge is 0.379 e. The number of benzene rings is 1. The van der Waals surface area contributed by atoms with E-state index >= 15 is 0 Å². The molecule has 0 spiro atoms. The summed E-state index contributed by atoms with van der Waals surface area (Å²) in [5.41, 5.74) is 0.692. The van der Waals surface area contributed by atoms with Gasteiger partial charge in [-0.25, -0.2) is 0 Å². The standard InChI is InChI=1S/C14H21N3O3S/c1-10(21-4)7-8-15-12-6-5-11(14(18)16(2)3)9-13(12)17(19)20/h5-6,9-10,15H,7-8H2,1-4H3. The number of nitro groups is 1. The van der Waals surface area contributed by atoms with Crippen molar-refractivity contribution < 1.29 is 9.72 Å². The van der Waals surface area contributed by atoms with E-state index in [1.165, 1.54) is 11.0 Å². The first kappa shape index (κ1) is 17.3. The molecule has 0 bridgehead atoms. The molecule has 1 aromatic rings. The molecule has 7 heteroatoms. The first-order chi connectivity index (χ1) is 9.86. The van der Waals surface area contributed by atoms with Gasteiger partial charge in [0.25, 0.3) is 11.6 Å². The van der Waals surface area contributed by atoms with E-state index in [2.05, 4.69) is 12.2 Å². The van der Waals surface area contributed by atoms with Gasteiger partial charge in [-0.2, -0.15) is 11.8 Å². The molecule has 0 aromatic heterocycles. The van der Waals surface area contributed by atoms with Gasteiger partial charge in [0.1, 0.15) is 5.69 Å². The summed E-state index contributed by atoms with van der Waals surface area (Å²) < 4.78 is 0. The minimum atomic E-state index is -0.466. The normalized spacial score (nSPS) is 11.8. The third-order valence-corrected chi connectivity index (χ3v) is 4.16. The highest BCUT2D eigenvalue weighted by Crippen LogP contribution is 2.26. The monoisotopic (exact) mass is 311 g/mol. The molecular formula is C14H21N3O3S. The first-order valence-corrected chi connectivity index (χ1v) is 7.92. The van der Waals surface area contributed by atoms with Crippen LogP contribution in [-0.4, -0.2) is 47.9 Å². The molecule has 116 valence electrons. The van der Waals surface area contributed by atoms with Crippen molar-refractivity contribution in [2.75, 3.05) is 32.2 Å². The van der Waals surface area contributed by atoms with Crippen molar-refractivity contribution in [2.24, 2.45) is 0 Å². The summed E-state index contributed by atoms with van der Waals surface area (Å²) in [5, 5.41) is 14.7. The quantitative estimate of drug-likeness (QED) is 0.619. The Hall–Kier alpha value is -1.76. The lowest BCUT2D eigenvalue weighted by Crippen LogP contribution is -2.21. The maximum atomic E-state index is 11.9. The smallest absolute Gasteiger partial charge is 0.293 e. The van der Waals surface area contributed by atoms with E-state index in [1.54, 1.807) is 38.0 Å². The molecule has 1 unspecified atom stereocenters. The molecule has 1 N–H and O–H groups in total. The molecule has 6 nitrogen and oxygen atoms in total. The predicted molar refractivity (Wildman–Crippen MR) is 87.2 cm³/mol. The number of rotatable bonds is 7. The van der Waals surface area contributed by atoms with Crippen molar-refractivity contribution in [3.05, 3.63) is 33.9 Å². The molecule has 21 heavy (non-hydrogen) atoms. The van der Waals surface area contributed by atoms with Gasteiger partial charge in [0.05, 0.1) is 4.92 Å². The van der Waals surface area contributed by atoms with E-state index in [1.807, 2.05) is 6.26 Å².